The third-order valence-corrected chi connectivity index (χ3v) is 2.67. The first-order chi connectivity index (χ1) is 7.86. The van der Waals surface area contributed by atoms with Crippen LogP contribution in [0.15, 0.2) is 18.9 Å². The van der Waals surface area contributed by atoms with Crippen LogP contribution in [0.2, 0.25) is 0 Å². The standard InChI is InChI=1S/C13H23N3/c1-3-5-7-9-11-16-12-13(14-15-16)10-8-6-4-2/h4,12H,2-3,5-11H2,1H3. The quantitative estimate of drug-likeness (QED) is 0.473. The van der Waals surface area contributed by atoms with E-state index in [2.05, 4.69) is 30.0 Å². The summed E-state index contributed by atoms with van der Waals surface area (Å²) in [6, 6.07) is 0. The molecule has 0 saturated heterocycles. The molecule has 90 valence electrons. The number of hydrogen-bond acceptors (Lipinski definition) is 2. The molecule has 16 heavy (non-hydrogen) atoms. The van der Waals surface area contributed by atoms with E-state index in [1.807, 2.05) is 10.8 Å². The lowest BCUT2D eigenvalue weighted by Gasteiger charge is -1.98. The van der Waals surface area contributed by atoms with Crippen molar-refractivity contribution in [1.82, 2.24) is 15.0 Å². The number of allylic oxidation sites excluding steroid dienone is 1. The van der Waals surface area contributed by atoms with Crippen molar-refractivity contribution >= 4 is 0 Å². The molecule has 1 aromatic rings. The van der Waals surface area contributed by atoms with Gasteiger partial charge in [0.2, 0.25) is 0 Å². The molecule has 1 aromatic heterocycles. The molecule has 0 unspecified atom stereocenters. The Hall–Kier alpha value is -1.12. The second-order valence-corrected chi connectivity index (χ2v) is 4.21. The molecule has 0 aliphatic rings. The Labute approximate surface area is 98.6 Å². The first-order valence-corrected chi connectivity index (χ1v) is 6.36. The van der Waals surface area contributed by atoms with Gasteiger partial charge in [-0.15, -0.1) is 11.7 Å². The first-order valence-electron chi connectivity index (χ1n) is 6.36. The van der Waals surface area contributed by atoms with Gasteiger partial charge in [0.25, 0.3) is 0 Å². The van der Waals surface area contributed by atoms with Crippen molar-refractivity contribution < 1.29 is 0 Å². The van der Waals surface area contributed by atoms with Gasteiger partial charge in [-0.2, -0.15) is 0 Å². The van der Waals surface area contributed by atoms with Crippen molar-refractivity contribution in [3.8, 4) is 0 Å². The van der Waals surface area contributed by atoms with Crippen LogP contribution in [0.25, 0.3) is 0 Å². The minimum Gasteiger partial charge on any atom is -0.252 e. The van der Waals surface area contributed by atoms with E-state index in [0.29, 0.717) is 0 Å². The zero-order valence-corrected chi connectivity index (χ0v) is 10.4. The van der Waals surface area contributed by atoms with Gasteiger partial charge in [-0.25, -0.2) is 0 Å². The summed E-state index contributed by atoms with van der Waals surface area (Å²) >= 11 is 0. The molecule has 0 spiro atoms. The van der Waals surface area contributed by atoms with Crippen LogP contribution in [0.5, 0.6) is 0 Å². The molecular weight excluding hydrogens is 198 g/mol. The Bertz CT molecular complexity index is 291. The second-order valence-electron chi connectivity index (χ2n) is 4.21. The van der Waals surface area contributed by atoms with Crippen LogP contribution in [0, 0.1) is 0 Å². The number of aromatic nitrogens is 3. The molecule has 1 rings (SSSR count). The van der Waals surface area contributed by atoms with E-state index in [1.54, 1.807) is 0 Å². The first kappa shape index (κ1) is 12.9. The summed E-state index contributed by atoms with van der Waals surface area (Å²) in [5.74, 6) is 0. The van der Waals surface area contributed by atoms with Crippen molar-refractivity contribution in [3.05, 3.63) is 24.5 Å². The number of hydrogen-bond donors (Lipinski definition) is 0. The second kappa shape index (κ2) is 8.08. The predicted octanol–water partition coefficient (Wildman–Crippen LogP) is 3.37. The summed E-state index contributed by atoms with van der Waals surface area (Å²) in [4.78, 5) is 0. The monoisotopic (exact) mass is 221 g/mol. The number of nitrogens with zero attached hydrogens (tertiary/aromatic N) is 3. The average molecular weight is 221 g/mol. The predicted molar refractivity (Wildman–Crippen MR) is 67.3 cm³/mol. The van der Waals surface area contributed by atoms with Crippen LogP contribution < -0.4 is 0 Å². The van der Waals surface area contributed by atoms with E-state index < -0.39 is 0 Å². The molecule has 0 fully saturated rings. The van der Waals surface area contributed by atoms with E-state index in [0.717, 1.165) is 31.5 Å². The lowest BCUT2D eigenvalue weighted by atomic mass is 10.2. The zero-order chi connectivity index (χ0) is 11.6. The zero-order valence-electron chi connectivity index (χ0n) is 10.4. The summed E-state index contributed by atoms with van der Waals surface area (Å²) in [7, 11) is 0. The third-order valence-electron chi connectivity index (χ3n) is 2.67. The fraction of sp³-hybridized carbons (Fsp3) is 0.692. The number of unbranched alkanes of at least 4 members (excludes halogenated alkanes) is 4. The SMILES string of the molecule is C=CCCCc1cn(CCCCCC)nn1. The van der Waals surface area contributed by atoms with E-state index >= 15 is 0 Å². The highest BCUT2D eigenvalue weighted by Gasteiger charge is 1.99. The number of rotatable bonds is 9. The van der Waals surface area contributed by atoms with Gasteiger partial charge in [-0.05, 0) is 25.7 Å². The summed E-state index contributed by atoms with van der Waals surface area (Å²) in [5.41, 5.74) is 1.11. The van der Waals surface area contributed by atoms with Crippen LogP contribution in [0.4, 0.5) is 0 Å². The van der Waals surface area contributed by atoms with Crippen LogP contribution >= 0.6 is 0 Å². The fourth-order valence-electron chi connectivity index (χ4n) is 1.69. The van der Waals surface area contributed by atoms with E-state index in [9.17, 15) is 0 Å². The Morgan fingerprint density at radius 2 is 2.19 bits per heavy atom. The molecule has 0 aliphatic carbocycles. The molecule has 3 nitrogen and oxygen atoms in total. The van der Waals surface area contributed by atoms with Gasteiger partial charge < -0.3 is 0 Å². The highest BCUT2D eigenvalue weighted by atomic mass is 15.4. The largest absolute Gasteiger partial charge is 0.252 e. The molecule has 0 atom stereocenters. The van der Waals surface area contributed by atoms with E-state index in [1.165, 1.54) is 25.7 Å². The highest BCUT2D eigenvalue weighted by Crippen LogP contribution is 2.04. The average Bonchev–Trinajstić information content (AvgIpc) is 2.73. The molecule has 0 radical (unpaired) electrons. The maximum atomic E-state index is 4.17. The molecule has 0 aliphatic heterocycles. The minimum absolute atomic E-state index is 1.01. The highest BCUT2D eigenvalue weighted by molar-refractivity contribution is 4.92. The van der Waals surface area contributed by atoms with Gasteiger partial charge in [0.15, 0.2) is 0 Å². The Kier molecular flexibility index (Phi) is 6.54. The van der Waals surface area contributed by atoms with Gasteiger partial charge in [-0.1, -0.05) is 37.5 Å². The van der Waals surface area contributed by atoms with Gasteiger partial charge in [-0.3, -0.25) is 4.68 Å². The van der Waals surface area contributed by atoms with Crippen molar-refractivity contribution in [2.45, 2.75) is 58.4 Å². The molecule has 0 saturated carbocycles. The molecule has 0 aromatic carbocycles. The van der Waals surface area contributed by atoms with Gasteiger partial charge in [0.05, 0.1) is 5.69 Å². The normalized spacial score (nSPS) is 10.6. The maximum Gasteiger partial charge on any atom is 0.0827 e. The van der Waals surface area contributed by atoms with Crippen LogP contribution in [-0.4, -0.2) is 15.0 Å². The Morgan fingerprint density at radius 3 is 2.94 bits per heavy atom. The minimum atomic E-state index is 1.01. The lowest BCUT2D eigenvalue weighted by molar-refractivity contribution is 0.527. The summed E-state index contributed by atoms with van der Waals surface area (Å²) in [6.07, 6.45) is 12.3. The van der Waals surface area contributed by atoms with Gasteiger partial charge in [0.1, 0.15) is 0 Å². The smallest absolute Gasteiger partial charge is 0.0827 e. The third kappa shape index (κ3) is 5.10. The van der Waals surface area contributed by atoms with Crippen LogP contribution in [-0.2, 0) is 13.0 Å². The number of aryl methyl sites for hydroxylation is 2. The van der Waals surface area contributed by atoms with Crippen molar-refractivity contribution in [2.75, 3.05) is 0 Å². The van der Waals surface area contributed by atoms with Crippen LogP contribution in [0.1, 0.15) is 51.1 Å². The van der Waals surface area contributed by atoms with Crippen molar-refractivity contribution in [2.24, 2.45) is 0 Å². The molecule has 3 heteroatoms. The summed E-state index contributed by atoms with van der Waals surface area (Å²) in [6.45, 7) is 6.95. The van der Waals surface area contributed by atoms with E-state index in [-0.39, 0.29) is 0 Å². The molecule has 0 N–H and O–H groups in total. The maximum absolute atomic E-state index is 4.17. The van der Waals surface area contributed by atoms with Crippen molar-refractivity contribution in [1.29, 1.82) is 0 Å². The van der Waals surface area contributed by atoms with Crippen molar-refractivity contribution in [3.63, 3.8) is 0 Å². The summed E-state index contributed by atoms with van der Waals surface area (Å²) < 4.78 is 1.97. The fourth-order valence-corrected chi connectivity index (χ4v) is 1.69. The molecular formula is C13H23N3. The van der Waals surface area contributed by atoms with Gasteiger partial charge >= 0.3 is 0 Å². The Morgan fingerprint density at radius 1 is 1.31 bits per heavy atom. The topological polar surface area (TPSA) is 30.7 Å². The van der Waals surface area contributed by atoms with Gasteiger partial charge in [0, 0.05) is 12.7 Å². The Balaban J connectivity index is 2.20. The van der Waals surface area contributed by atoms with E-state index in [4.69, 9.17) is 0 Å². The molecule has 0 amide bonds. The lowest BCUT2D eigenvalue weighted by Crippen LogP contribution is -1.98. The van der Waals surface area contributed by atoms with Crippen LogP contribution in [0.3, 0.4) is 0 Å². The molecule has 0 bridgehead atoms. The summed E-state index contributed by atoms with van der Waals surface area (Å²) in [5, 5.41) is 8.30. The molecule has 1 heterocycles.